The van der Waals surface area contributed by atoms with Crippen molar-refractivity contribution >= 4 is 31.9 Å². The normalized spacial score (nSPS) is 25.6. The first-order chi connectivity index (χ1) is 7.75. The standard InChI is InChI=1S/C13H16Br2O/c14-11-7-5-10(6-8-11)9-16-13-4-2-1-3-12(13)15/h5-8,12-13H,1-4,9H2. The summed E-state index contributed by atoms with van der Waals surface area (Å²) < 4.78 is 7.08. The van der Waals surface area contributed by atoms with Gasteiger partial charge in [0, 0.05) is 9.30 Å². The minimum absolute atomic E-state index is 0.386. The lowest BCUT2D eigenvalue weighted by atomic mass is 9.97. The summed E-state index contributed by atoms with van der Waals surface area (Å²) in [5.74, 6) is 0. The molecular weight excluding hydrogens is 332 g/mol. The van der Waals surface area contributed by atoms with Crippen LogP contribution in [0.1, 0.15) is 31.2 Å². The quantitative estimate of drug-likeness (QED) is 0.722. The Labute approximate surface area is 114 Å². The molecule has 1 saturated carbocycles. The van der Waals surface area contributed by atoms with E-state index in [0.717, 1.165) is 11.1 Å². The van der Waals surface area contributed by atoms with Crippen molar-refractivity contribution in [3.8, 4) is 0 Å². The highest BCUT2D eigenvalue weighted by Crippen LogP contribution is 2.27. The van der Waals surface area contributed by atoms with Gasteiger partial charge in [-0.2, -0.15) is 0 Å². The lowest BCUT2D eigenvalue weighted by Gasteiger charge is -2.27. The van der Waals surface area contributed by atoms with E-state index in [2.05, 4.69) is 56.1 Å². The van der Waals surface area contributed by atoms with Crippen molar-refractivity contribution in [1.82, 2.24) is 0 Å². The zero-order valence-corrected chi connectivity index (χ0v) is 12.3. The van der Waals surface area contributed by atoms with Gasteiger partial charge in [-0.15, -0.1) is 0 Å². The molecule has 0 aromatic heterocycles. The van der Waals surface area contributed by atoms with Gasteiger partial charge in [-0.3, -0.25) is 0 Å². The van der Waals surface area contributed by atoms with Crippen LogP contribution in [0.4, 0.5) is 0 Å². The van der Waals surface area contributed by atoms with E-state index < -0.39 is 0 Å². The summed E-state index contributed by atoms with van der Waals surface area (Å²) in [4.78, 5) is 0.539. The third-order valence-electron chi connectivity index (χ3n) is 3.00. The number of ether oxygens (including phenoxy) is 1. The van der Waals surface area contributed by atoms with Crippen molar-refractivity contribution in [2.75, 3.05) is 0 Å². The summed E-state index contributed by atoms with van der Waals surface area (Å²) in [7, 11) is 0. The Balaban J connectivity index is 1.84. The van der Waals surface area contributed by atoms with Crippen LogP contribution in [-0.2, 0) is 11.3 Å². The van der Waals surface area contributed by atoms with Crippen LogP contribution in [0.2, 0.25) is 0 Å². The SMILES string of the molecule is Brc1ccc(COC2CCCCC2Br)cc1. The van der Waals surface area contributed by atoms with Crippen molar-refractivity contribution in [2.45, 2.75) is 43.2 Å². The highest BCUT2D eigenvalue weighted by Gasteiger charge is 2.23. The third-order valence-corrected chi connectivity index (χ3v) is 4.58. The number of hydrogen-bond acceptors (Lipinski definition) is 1. The van der Waals surface area contributed by atoms with Gasteiger partial charge in [-0.1, -0.05) is 56.8 Å². The molecule has 0 saturated heterocycles. The van der Waals surface area contributed by atoms with E-state index in [-0.39, 0.29) is 0 Å². The predicted molar refractivity (Wildman–Crippen MR) is 73.9 cm³/mol. The van der Waals surface area contributed by atoms with Gasteiger partial charge in [-0.05, 0) is 30.5 Å². The molecule has 1 nitrogen and oxygen atoms in total. The Bertz CT molecular complexity index is 323. The predicted octanol–water partition coefficient (Wildman–Crippen LogP) is 4.67. The van der Waals surface area contributed by atoms with Crippen LogP contribution in [0.3, 0.4) is 0 Å². The van der Waals surface area contributed by atoms with Crippen molar-refractivity contribution in [1.29, 1.82) is 0 Å². The molecule has 0 aliphatic heterocycles. The zero-order valence-electron chi connectivity index (χ0n) is 9.16. The summed E-state index contributed by atoms with van der Waals surface area (Å²) in [6.07, 6.45) is 5.44. The molecule has 2 atom stereocenters. The third kappa shape index (κ3) is 3.57. The van der Waals surface area contributed by atoms with Crippen molar-refractivity contribution in [3.05, 3.63) is 34.3 Å². The highest BCUT2D eigenvalue weighted by molar-refractivity contribution is 9.10. The molecule has 0 spiro atoms. The number of hydrogen-bond donors (Lipinski definition) is 0. The first-order valence-electron chi connectivity index (χ1n) is 5.76. The molecule has 16 heavy (non-hydrogen) atoms. The topological polar surface area (TPSA) is 9.23 Å². The lowest BCUT2D eigenvalue weighted by Crippen LogP contribution is -2.27. The van der Waals surface area contributed by atoms with Crippen molar-refractivity contribution in [3.63, 3.8) is 0 Å². The number of halogens is 2. The van der Waals surface area contributed by atoms with E-state index >= 15 is 0 Å². The van der Waals surface area contributed by atoms with E-state index in [1.165, 1.54) is 31.2 Å². The molecule has 1 aliphatic rings. The Hall–Kier alpha value is 0.140. The fourth-order valence-corrected chi connectivity index (χ4v) is 3.03. The molecule has 2 rings (SSSR count). The fraction of sp³-hybridized carbons (Fsp3) is 0.538. The van der Waals surface area contributed by atoms with E-state index in [1.807, 2.05) is 0 Å². The Kier molecular flexibility index (Phi) is 4.86. The zero-order chi connectivity index (χ0) is 11.4. The van der Waals surface area contributed by atoms with E-state index in [0.29, 0.717) is 10.9 Å². The van der Waals surface area contributed by atoms with Gasteiger partial charge in [0.1, 0.15) is 0 Å². The summed E-state index contributed by atoms with van der Waals surface area (Å²) in [5, 5.41) is 0. The second kappa shape index (κ2) is 6.18. The van der Waals surface area contributed by atoms with E-state index in [9.17, 15) is 0 Å². The number of alkyl halides is 1. The molecule has 88 valence electrons. The maximum Gasteiger partial charge on any atom is 0.0721 e. The molecule has 0 radical (unpaired) electrons. The van der Waals surface area contributed by atoms with Gasteiger partial charge in [0.2, 0.25) is 0 Å². The highest BCUT2D eigenvalue weighted by atomic mass is 79.9. The van der Waals surface area contributed by atoms with E-state index in [4.69, 9.17) is 4.74 Å². The molecule has 1 aromatic rings. The molecule has 1 fully saturated rings. The van der Waals surface area contributed by atoms with Gasteiger partial charge in [-0.25, -0.2) is 0 Å². The lowest BCUT2D eigenvalue weighted by molar-refractivity contribution is 0.0227. The Morgan fingerprint density at radius 1 is 1.12 bits per heavy atom. The molecule has 0 bridgehead atoms. The largest absolute Gasteiger partial charge is 0.372 e. The van der Waals surface area contributed by atoms with E-state index in [1.54, 1.807) is 0 Å². The van der Waals surface area contributed by atoms with Crippen LogP contribution < -0.4 is 0 Å². The van der Waals surface area contributed by atoms with Crippen LogP contribution in [0.25, 0.3) is 0 Å². The molecule has 3 heteroatoms. The second-order valence-corrected chi connectivity index (χ2v) is 6.37. The molecule has 1 aromatic carbocycles. The smallest absolute Gasteiger partial charge is 0.0721 e. The van der Waals surface area contributed by atoms with Crippen LogP contribution in [0.5, 0.6) is 0 Å². The van der Waals surface area contributed by atoms with Crippen molar-refractivity contribution in [2.24, 2.45) is 0 Å². The second-order valence-electron chi connectivity index (χ2n) is 4.28. The van der Waals surface area contributed by atoms with Crippen LogP contribution in [-0.4, -0.2) is 10.9 Å². The Morgan fingerprint density at radius 2 is 1.81 bits per heavy atom. The summed E-state index contributed by atoms with van der Waals surface area (Å²) in [6, 6.07) is 8.34. The summed E-state index contributed by atoms with van der Waals surface area (Å²) in [6.45, 7) is 0.722. The summed E-state index contributed by atoms with van der Waals surface area (Å²) >= 11 is 7.14. The van der Waals surface area contributed by atoms with Gasteiger partial charge >= 0.3 is 0 Å². The monoisotopic (exact) mass is 346 g/mol. The van der Waals surface area contributed by atoms with Gasteiger partial charge in [0.15, 0.2) is 0 Å². The van der Waals surface area contributed by atoms with Crippen LogP contribution >= 0.6 is 31.9 Å². The van der Waals surface area contributed by atoms with Crippen molar-refractivity contribution < 1.29 is 4.74 Å². The first-order valence-corrected chi connectivity index (χ1v) is 7.47. The minimum atomic E-state index is 0.386. The molecule has 2 unspecified atom stereocenters. The minimum Gasteiger partial charge on any atom is -0.372 e. The fourth-order valence-electron chi connectivity index (χ4n) is 2.02. The maximum atomic E-state index is 5.96. The number of rotatable bonds is 3. The van der Waals surface area contributed by atoms with Gasteiger partial charge in [0.05, 0.1) is 12.7 Å². The maximum absolute atomic E-state index is 5.96. The molecule has 0 amide bonds. The van der Waals surface area contributed by atoms with Gasteiger partial charge in [0.25, 0.3) is 0 Å². The average molecular weight is 348 g/mol. The summed E-state index contributed by atoms with van der Waals surface area (Å²) in [5.41, 5.74) is 1.24. The van der Waals surface area contributed by atoms with Gasteiger partial charge < -0.3 is 4.74 Å². The molecule has 0 N–H and O–H groups in total. The first kappa shape index (κ1) is 12.6. The van der Waals surface area contributed by atoms with Crippen LogP contribution in [0.15, 0.2) is 28.7 Å². The molecular formula is C13H16Br2O. The van der Waals surface area contributed by atoms with Crippen LogP contribution in [0, 0.1) is 0 Å². The molecule has 1 aliphatic carbocycles. The molecule has 0 heterocycles. The number of benzene rings is 1. The average Bonchev–Trinajstić information content (AvgIpc) is 2.30. The Morgan fingerprint density at radius 3 is 2.50 bits per heavy atom.